The van der Waals surface area contributed by atoms with Gasteiger partial charge in [0.15, 0.2) is 0 Å². The standard InChI is InChI=1S/C35H29N4O.C17H22GeN.Ir/c1-21(2)28-17-24(23-11-6-5-7-12-23)18-29(22(3)4)33(28)39-31-20-37-36-19-30(31)38-35(39)27-15-10-14-26-25-13-8-9-16-32(25)40-34(26)27;1-13(2)15-11-17(14-9-7-6-8-10-14)19-12-16(15)18(3,4)5;/h5-14,16-22H,1-4H3;6-9,11-13H,1-5H3;/q2*-1;/i;13D;. The Bertz CT molecular complexity index is 2940. The monoisotopic (exact) mass is 1030 g/mol. The molecule has 9 rings (SSSR count). The van der Waals surface area contributed by atoms with Gasteiger partial charge in [0, 0.05) is 31.2 Å². The maximum Gasteiger partial charge on any atom is 0 e. The Morgan fingerprint density at radius 2 is 1.37 bits per heavy atom. The van der Waals surface area contributed by atoms with Crippen molar-refractivity contribution in [2.75, 3.05) is 0 Å². The van der Waals surface area contributed by atoms with E-state index in [2.05, 4.69) is 138 Å². The fourth-order valence-corrected chi connectivity index (χ4v) is 11.2. The SMILES string of the molecule is CC(C)c1cc(-c2ccccc2)cc(C(C)C)c1-n1c(-c2[c-]ccc3c2oc2ccccc23)nc2cnncc21.[2H]C(C)(C)c1cc(-c2[c-]cccc2)nc[c]1[Ge]([CH3])([CH3])[CH3].[Ir]. The molecule has 1 radical (unpaired) electrons. The number of pyridine rings is 1. The van der Waals surface area contributed by atoms with E-state index in [4.69, 9.17) is 10.8 Å². The fraction of sp³-hybridized carbons (Fsp3) is 0.231. The van der Waals surface area contributed by atoms with E-state index < -0.39 is 19.2 Å². The van der Waals surface area contributed by atoms with Crippen LogP contribution in [0.1, 0.15) is 77.3 Å². The van der Waals surface area contributed by atoms with Gasteiger partial charge in [-0.25, -0.2) is 0 Å². The number of furan rings is 1. The van der Waals surface area contributed by atoms with Crippen LogP contribution in [0, 0.1) is 12.1 Å². The molecule has 0 aliphatic rings. The molecule has 60 heavy (non-hydrogen) atoms. The molecule has 0 spiro atoms. The molecule has 0 amide bonds. The number of benzene rings is 5. The molecule has 5 aromatic carbocycles. The number of fused-ring (bicyclic) bond motifs is 4. The minimum absolute atomic E-state index is 0. The van der Waals surface area contributed by atoms with Gasteiger partial charge in [-0.15, -0.1) is 18.2 Å². The van der Waals surface area contributed by atoms with E-state index >= 15 is 0 Å². The number of nitrogens with zero attached hydrogens (tertiary/aromatic N) is 5. The first-order valence-electron chi connectivity index (χ1n) is 20.9. The third-order valence-electron chi connectivity index (χ3n) is 10.9. The van der Waals surface area contributed by atoms with Crippen molar-refractivity contribution in [3.63, 3.8) is 0 Å². The van der Waals surface area contributed by atoms with E-state index in [-0.39, 0.29) is 31.9 Å². The quantitative estimate of drug-likeness (QED) is 0.112. The molecule has 0 aliphatic heterocycles. The Labute approximate surface area is 371 Å². The van der Waals surface area contributed by atoms with Gasteiger partial charge in [0.25, 0.3) is 0 Å². The van der Waals surface area contributed by atoms with E-state index in [9.17, 15) is 0 Å². The van der Waals surface area contributed by atoms with Crippen LogP contribution in [0.4, 0.5) is 0 Å². The van der Waals surface area contributed by atoms with Gasteiger partial charge in [-0.05, 0) is 52.3 Å². The summed E-state index contributed by atoms with van der Waals surface area (Å²) < 4.78 is 18.5. The first-order valence-corrected chi connectivity index (χ1v) is 27.8. The summed E-state index contributed by atoms with van der Waals surface area (Å²) >= 11 is -2.03. The average Bonchev–Trinajstić information content (AvgIpc) is 3.82. The van der Waals surface area contributed by atoms with Crippen molar-refractivity contribution in [2.24, 2.45) is 0 Å². The third-order valence-corrected chi connectivity index (χ3v) is 15.1. The predicted octanol–water partition coefficient (Wildman–Crippen LogP) is 13.3. The molecule has 4 heterocycles. The van der Waals surface area contributed by atoms with Gasteiger partial charge in [0.05, 0.1) is 34.8 Å². The molecule has 4 aromatic heterocycles. The zero-order valence-electron chi connectivity index (χ0n) is 36.8. The van der Waals surface area contributed by atoms with Gasteiger partial charge in [0.2, 0.25) is 0 Å². The van der Waals surface area contributed by atoms with Crippen molar-refractivity contribution in [3.05, 3.63) is 157 Å². The predicted molar refractivity (Wildman–Crippen MR) is 247 cm³/mol. The van der Waals surface area contributed by atoms with Crippen LogP contribution in [0.3, 0.4) is 0 Å². The Balaban J connectivity index is 0.000000226. The molecule has 9 aromatic rings. The second kappa shape index (κ2) is 17.8. The summed E-state index contributed by atoms with van der Waals surface area (Å²) in [4.78, 5) is 9.75. The van der Waals surface area contributed by atoms with Crippen molar-refractivity contribution in [1.29, 1.82) is 0 Å². The smallest absolute Gasteiger partial charge is 0 e. The van der Waals surface area contributed by atoms with Gasteiger partial charge in [-0.2, -0.15) is 10.2 Å². The summed E-state index contributed by atoms with van der Waals surface area (Å²) in [6.45, 7) is 12.9. The van der Waals surface area contributed by atoms with E-state index in [1.165, 1.54) is 26.6 Å². The van der Waals surface area contributed by atoms with Gasteiger partial charge in [-0.1, -0.05) is 87.2 Å². The van der Waals surface area contributed by atoms with Crippen LogP contribution in [0.25, 0.3) is 72.4 Å². The van der Waals surface area contributed by atoms with E-state index in [1.807, 2.05) is 74.8 Å². The van der Waals surface area contributed by atoms with Gasteiger partial charge < -0.3 is 8.98 Å². The van der Waals surface area contributed by atoms with Crippen LogP contribution in [-0.2, 0) is 20.1 Å². The zero-order chi connectivity index (χ0) is 42.3. The minimum Gasteiger partial charge on any atom is 0 e. The Morgan fingerprint density at radius 3 is 2.03 bits per heavy atom. The number of aromatic nitrogens is 5. The molecular weight excluding hydrogens is 975 g/mol. The van der Waals surface area contributed by atoms with Crippen LogP contribution >= 0.6 is 0 Å². The summed E-state index contributed by atoms with van der Waals surface area (Å²) in [5.74, 6) is 7.75. The van der Waals surface area contributed by atoms with Crippen LogP contribution in [0.5, 0.6) is 0 Å². The van der Waals surface area contributed by atoms with Gasteiger partial charge in [-0.3, -0.25) is 4.98 Å². The van der Waals surface area contributed by atoms with Crippen molar-refractivity contribution in [1.82, 2.24) is 24.7 Å². The molecule has 0 saturated heterocycles. The Hall–Kier alpha value is -5.21. The van der Waals surface area contributed by atoms with Crippen LogP contribution in [0.2, 0.25) is 17.3 Å². The maximum atomic E-state index is 8.44. The second-order valence-corrected chi connectivity index (χ2v) is 27.6. The Kier molecular flexibility index (Phi) is 12.3. The zero-order valence-corrected chi connectivity index (χ0v) is 40.2. The van der Waals surface area contributed by atoms with Gasteiger partial charge in [0.1, 0.15) is 5.58 Å². The first-order chi connectivity index (χ1) is 28.7. The maximum absolute atomic E-state index is 8.44. The molecule has 0 unspecified atom stereocenters. The van der Waals surface area contributed by atoms with Crippen LogP contribution in [-0.4, -0.2) is 38.0 Å². The Morgan fingerprint density at radius 1 is 0.683 bits per heavy atom. The third kappa shape index (κ3) is 8.41. The van der Waals surface area contributed by atoms with Crippen molar-refractivity contribution in [2.45, 2.75) is 76.5 Å². The summed E-state index contributed by atoms with van der Waals surface area (Å²) in [6, 6.07) is 44.1. The van der Waals surface area contributed by atoms with Crippen molar-refractivity contribution >= 4 is 50.6 Å². The van der Waals surface area contributed by atoms with E-state index in [1.54, 1.807) is 6.20 Å². The van der Waals surface area contributed by atoms with Crippen LogP contribution < -0.4 is 4.40 Å². The van der Waals surface area contributed by atoms with Crippen molar-refractivity contribution in [3.8, 4) is 39.5 Å². The molecule has 0 saturated carbocycles. The molecule has 6 nitrogen and oxygen atoms in total. The van der Waals surface area contributed by atoms with Gasteiger partial charge >= 0.3 is 120 Å². The number of para-hydroxylation sites is 1. The van der Waals surface area contributed by atoms with E-state index in [0.29, 0.717) is 0 Å². The molecule has 8 heteroatoms. The number of rotatable bonds is 8. The molecule has 0 N–H and O–H groups in total. The summed E-state index contributed by atoms with van der Waals surface area (Å²) in [7, 11) is 0. The summed E-state index contributed by atoms with van der Waals surface area (Å²) in [5.41, 5.74) is 13.2. The second-order valence-electron chi connectivity index (χ2n) is 17.0. The summed E-state index contributed by atoms with van der Waals surface area (Å²) in [6.07, 6.45) is 5.54. The normalized spacial score (nSPS) is 12.2. The molecule has 0 fully saturated rings. The van der Waals surface area contributed by atoms with Crippen LogP contribution in [0.15, 0.2) is 132 Å². The number of hydrogen-bond acceptors (Lipinski definition) is 5. The average molecular weight is 1030 g/mol. The van der Waals surface area contributed by atoms with E-state index in [0.717, 1.165) is 66.9 Å². The molecule has 0 aliphatic carbocycles. The molecular formula is C52H51GeIrN5O-2. The largest absolute Gasteiger partial charge is 0 e. The first kappa shape index (κ1) is 41.5. The number of hydrogen-bond donors (Lipinski definition) is 0. The summed E-state index contributed by atoms with van der Waals surface area (Å²) in [5, 5.41) is 10.6. The fourth-order valence-electron chi connectivity index (χ4n) is 7.88. The minimum atomic E-state index is -2.03. The molecule has 0 atom stereocenters. The topological polar surface area (TPSA) is 69.6 Å². The number of imidazole rings is 1. The molecule has 0 bridgehead atoms. The van der Waals surface area contributed by atoms with Crippen molar-refractivity contribution < 1.29 is 25.9 Å². The molecule has 305 valence electrons.